The summed E-state index contributed by atoms with van der Waals surface area (Å²) < 4.78 is 55.7. The summed E-state index contributed by atoms with van der Waals surface area (Å²) in [6.45, 7) is -0.807. The van der Waals surface area contributed by atoms with E-state index in [1.165, 1.54) is 12.3 Å². The summed E-state index contributed by atoms with van der Waals surface area (Å²) >= 11 is 6.10. The summed E-state index contributed by atoms with van der Waals surface area (Å²) in [7, 11) is -1.92. The van der Waals surface area contributed by atoms with Gasteiger partial charge in [-0.05, 0) is 18.2 Å². The summed E-state index contributed by atoms with van der Waals surface area (Å²) in [5.74, 6) is -0.821. The molecule has 0 aliphatic rings. The van der Waals surface area contributed by atoms with Gasteiger partial charge in [-0.3, -0.25) is 4.79 Å². The van der Waals surface area contributed by atoms with Crippen molar-refractivity contribution in [2.75, 3.05) is 12.9 Å². The van der Waals surface area contributed by atoms with Crippen LogP contribution in [0.4, 0.5) is 8.78 Å². The van der Waals surface area contributed by atoms with E-state index in [4.69, 9.17) is 16.3 Å². The Hall–Kier alpha value is -2.72. The molecule has 0 bridgehead atoms. The fraction of sp³-hybridized carbons (Fsp3) is 0.222. The van der Waals surface area contributed by atoms with Gasteiger partial charge in [0.1, 0.15) is 5.02 Å². The molecular weight excluding hydrogens is 428 g/mol. The number of halogens is 3. The number of aromatic nitrogens is 2. The van der Waals surface area contributed by atoms with Crippen molar-refractivity contribution >= 4 is 38.4 Å². The van der Waals surface area contributed by atoms with E-state index >= 15 is 0 Å². The molecule has 2 aromatic heterocycles. The quantitative estimate of drug-likeness (QED) is 0.631. The first-order valence-electron chi connectivity index (χ1n) is 8.23. The first kappa shape index (κ1) is 21.0. The molecule has 0 aliphatic carbocycles. The third kappa shape index (κ3) is 4.83. The fourth-order valence-corrected chi connectivity index (χ4v) is 3.48. The van der Waals surface area contributed by atoms with Crippen LogP contribution in [0.2, 0.25) is 5.02 Å². The number of aryl methyl sites for hydroxylation is 1. The zero-order chi connectivity index (χ0) is 21.3. The zero-order valence-corrected chi connectivity index (χ0v) is 16.9. The molecule has 0 spiro atoms. The summed E-state index contributed by atoms with van der Waals surface area (Å²) in [6.07, 6.45) is 1.50. The van der Waals surface area contributed by atoms with Crippen molar-refractivity contribution in [3.05, 3.63) is 47.2 Å². The minimum Gasteiger partial charge on any atom is -0.471 e. The first-order valence-corrected chi connectivity index (χ1v) is 10.5. The number of carbonyl (C=O) groups is 1. The molecule has 11 heteroatoms. The number of amides is 1. The summed E-state index contributed by atoms with van der Waals surface area (Å²) in [4.78, 5) is 16.1. The number of nitrogens with zero attached hydrogens (tertiary/aromatic N) is 2. The molecule has 3 rings (SSSR count). The minimum absolute atomic E-state index is 0.0873. The Morgan fingerprint density at radius 3 is 2.69 bits per heavy atom. The van der Waals surface area contributed by atoms with Crippen LogP contribution in [-0.2, 0) is 17.1 Å². The molecule has 1 amide bonds. The predicted molar refractivity (Wildman–Crippen MR) is 105 cm³/mol. The van der Waals surface area contributed by atoms with Crippen LogP contribution in [0, 0.1) is 0 Å². The maximum absolute atomic E-state index is 12.3. The zero-order valence-electron chi connectivity index (χ0n) is 15.3. The normalized spacial score (nSPS) is 11.8. The fourth-order valence-electron chi connectivity index (χ4n) is 2.80. The molecule has 3 aromatic rings. The lowest BCUT2D eigenvalue weighted by Crippen LogP contribution is -2.29. The Balaban J connectivity index is 1.97. The van der Waals surface area contributed by atoms with Crippen LogP contribution in [0.5, 0.6) is 5.88 Å². The molecule has 0 saturated heterocycles. The Bertz CT molecular complexity index is 1200. The number of sulfonamides is 1. The summed E-state index contributed by atoms with van der Waals surface area (Å²) in [5, 5.41) is 0.854. The molecule has 0 radical (unpaired) electrons. The van der Waals surface area contributed by atoms with Crippen LogP contribution in [-0.4, -0.2) is 43.2 Å². The predicted octanol–water partition coefficient (Wildman–Crippen LogP) is 3.23. The highest BCUT2D eigenvalue weighted by atomic mass is 35.5. The van der Waals surface area contributed by atoms with Crippen LogP contribution in [0.15, 0.2) is 36.7 Å². The number of rotatable bonds is 6. The van der Waals surface area contributed by atoms with E-state index in [1.807, 2.05) is 4.72 Å². The number of alkyl halides is 2. The van der Waals surface area contributed by atoms with Gasteiger partial charge in [0.15, 0.2) is 6.61 Å². The molecule has 154 valence electrons. The SMILES string of the molecule is Cn1cc(-c2cnc(OCC(F)F)c(Cl)c2)c2ccc(C(=O)NS(C)(=O)=O)cc21. The van der Waals surface area contributed by atoms with Gasteiger partial charge in [-0.1, -0.05) is 17.7 Å². The van der Waals surface area contributed by atoms with Gasteiger partial charge in [-0.15, -0.1) is 0 Å². The third-order valence-corrected chi connectivity index (χ3v) is 4.82. The van der Waals surface area contributed by atoms with E-state index in [0.717, 1.165) is 17.2 Å². The highest BCUT2D eigenvalue weighted by molar-refractivity contribution is 7.89. The van der Waals surface area contributed by atoms with Gasteiger partial charge in [0.2, 0.25) is 15.9 Å². The number of benzene rings is 1. The molecule has 0 aliphatic heterocycles. The molecule has 29 heavy (non-hydrogen) atoms. The van der Waals surface area contributed by atoms with Gasteiger partial charge in [-0.2, -0.15) is 0 Å². The largest absolute Gasteiger partial charge is 0.471 e. The van der Waals surface area contributed by atoms with E-state index in [-0.39, 0.29) is 16.5 Å². The van der Waals surface area contributed by atoms with Gasteiger partial charge >= 0.3 is 0 Å². The Morgan fingerprint density at radius 2 is 2.07 bits per heavy atom. The lowest BCUT2D eigenvalue weighted by atomic mass is 10.0. The van der Waals surface area contributed by atoms with E-state index in [1.54, 1.807) is 36.0 Å². The number of hydrogen-bond donors (Lipinski definition) is 1. The second kappa shape index (κ2) is 7.96. The first-order chi connectivity index (χ1) is 13.5. The molecule has 0 atom stereocenters. The number of nitrogens with one attached hydrogen (secondary N) is 1. The summed E-state index contributed by atoms with van der Waals surface area (Å²) in [5.41, 5.74) is 2.23. The molecule has 1 aromatic carbocycles. The van der Waals surface area contributed by atoms with Gasteiger partial charge < -0.3 is 9.30 Å². The second-order valence-electron chi connectivity index (χ2n) is 6.30. The van der Waals surface area contributed by atoms with Crippen LogP contribution in [0.25, 0.3) is 22.0 Å². The van der Waals surface area contributed by atoms with E-state index in [0.29, 0.717) is 11.1 Å². The van der Waals surface area contributed by atoms with Crippen molar-refractivity contribution in [1.82, 2.24) is 14.3 Å². The van der Waals surface area contributed by atoms with E-state index < -0.39 is 29.0 Å². The Kier molecular flexibility index (Phi) is 5.76. The average molecular weight is 444 g/mol. The topological polar surface area (TPSA) is 90.3 Å². The van der Waals surface area contributed by atoms with Crippen molar-refractivity contribution < 1.29 is 26.7 Å². The molecule has 2 heterocycles. The molecule has 0 unspecified atom stereocenters. The molecule has 0 fully saturated rings. The average Bonchev–Trinajstić information content (AvgIpc) is 2.95. The van der Waals surface area contributed by atoms with Crippen LogP contribution in [0.1, 0.15) is 10.4 Å². The lowest BCUT2D eigenvalue weighted by Gasteiger charge is -2.08. The number of carbonyl (C=O) groups excluding carboxylic acids is 1. The Labute approximate surface area is 170 Å². The number of ether oxygens (including phenoxy) is 1. The monoisotopic (exact) mass is 443 g/mol. The minimum atomic E-state index is -3.68. The lowest BCUT2D eigenvalue weighted by molar-refractivity contribution is 0.0796. The van der Waals surface area contributed by atoms with E-state index in [9.17, 15) is 22.0 Å². The smallest absolute Gasteiger partial charge is 0.272 e. The number of fused-ring (bicyclic) bond motifs is 1. The van der Waals surface area contributed by atoms with Crippen molar-refractivity contribution in [1.29, 1.82) is 0 Å². The van der Waals surface area contributed by atoms with Crippen LogP contribution >= 0.6 is 11.6 Å². The molecule has 1 N–H and O–H groups in total. The van der Waals surface area contributed by atoms with Crippen molar-refractivity contribution in [2.24, 2.45) is 7.05 Å². The number of pyridine rings is 1. The van der Waals surface area contributed by atoms with Gasteiger partial charge in [0, 0.05) is 47.0 Å². The van der Waals surface area contributed by atoms with Gasteiger partial charge in [0.25, 0.3) is 12.3 Å². The van der Waals surface area contributed by atoms with Crippen molar-refractivity contribution in [3.8, 4) is 17.0 Å². The van der Waals surface area contributed by atoms with Crippen LogP contribution < -0.4 is 9.46 Å². The van der Waals surface area contributed by atoms with Gasteiger partial charge in [0.05, 0.1) is 6.26 Å². The maximum atomic E-state index is 12.3. The molecule has 7 nitrogen and oxygen atoms in total. The highest BCUT2D eigenvalue weighted by Crippen LogP contribution is 2.34. The van der Waals surface area contributed by atoms with Crippen molar-refractivity contribution in [2.45, 2.75) is 6.43 Å². The maximum Gasteiger partial charge on any atom is 0.272 e. The molecular formula is C18H16ClF2N3O4S. The third-order valence-electron chi connectivity index (χ3n) is 4.00. The highest BCUT2D eigenvalue weighted by Gasteiger charge is 2.16. The summed E-state index contributed by atoms with van der Waals surface area (Å²) in [6, 6.07) is 6.29. The number of hydrogen-bond acceptors (Lipinski definition) is 5. The standard InChI is InChI=1S/C18H16ClF2N3O4S/c1-24-8-13(11-5-14(19)18(22-7-11)28-9-16(20)21)12-4-3-10(6-15(12)24)17(25)23-29(2,26)27/h3-8,16H,9H2,1-2H3,(H,23,25). The molecule has 0 saturated carbocycles. The Morgan fingerprint density at radius 1 is 1.34 bits per heavy atom. The van der Waals surface area contributed by atoms with Crippen LogP contribution in [0.3, 0.4) is 0 Å². The van der Waals surface area contributed by atoms with E-state index in [2.05, 4.69) is 4.98 Å². The van der Waals surface area contributed by atoms with Gasteiger partial charge in [-0.25, -0.2) is 26.9 Å². The van der Waals surface area contributed by atoms with Crippen molar-refractivity contribution in [3.63, 3.8) is 0 Å². The second-order valence-corrected chi connectivity index (χ2v) is 8.46.